The zero-order chi connectivity index (χ0) is 10.1. The van der Waals surface area contributed by atoms with E-state index in [0.717, 1.165) is 10.9 Å². The Morgan fingerprint density at radius 3 is 2.79 bits per heavy atom. The van der Waals surface area contributed by atoms with E-state index in [2.05, 4.69) is 5.18 Å². The minimum atomic E-state index is -0.418. The molecule has 0 fully saturated rings. The molecule has 1 aromatic carbocycles. The van der Waals surface area contributed by atoms with Gasteiger partial charge in [-0.1, -0.05) is 0 Å². The van der Waals surface area contributed by atoms with Crippen LogP contribution in [0.25, 0.3) is 11.0 Å². The van der Waals surface area contributed by atoms with Crippen LogP contribution >= 0.6 is 0 Å². The molecule has 0 saturated heterocycles. The van der Waals surface area contributed by atoms with Gasteiger partial charge in [0.05, 0.1) is 0 Å². The second-order valence-electron chi connectivity index (χ2n) is 3.02. The van der Waals surface area contributed by atoms with Crippen molar-refractivity contribution in [1.29, 1.82) is 0 Å². The fourth-order valence-electron chi connectivity index (χ4n) is 1.37. The van der Waals surface area contributed by atoms with Crippen LogP contribution in [0.2, 0.25) is 0 Å². The van der Waals surface area contributed by atoms with Crippen molar-refractivity contribution in [3.05, 3.63) is 45.2 Å². The molecule has 4 nitrogen and oxygen atoms in total. The van der Waals surface area contributed by atoms with Crippen LogP contribution < -0.4 is 5.63 Å². The first-order valence-corrected chi connectivity index (χ1v) is 4.08. The van der Waals surface area contributed by atoms with Gasteiger partial charge in [-0.2, -0.15) is 0 Å². The van der Waals surface area contributed by atoms with Crippen LogP contribution in [-0.2, 0) is 0 Å². The Kier molecular flexibility index (Phi) is 1.89. The molecule has 0 radical (unpaired) electrons. The summed E-state index contributed by atoms with van der Waals surface area (Å²) < 4.78 is 4.93. The monoisotopic (exact) mass is 189 g/mol. The lowest BCUT2D eigenvalue weighted by Crippen LogP contribution is -1.97. The summed E-state index contributed by atoms with van der Waals surface area (Å²) in [7, 11) is 0. The fraction of sp³-hybridized carbons (Fsp3) is 0.100. The average molecular weight is 189 g/mol. The van der Waals surface area contributed by atoms with Gasteiger partial charge in [0.15, 0.2) is 0 Å². The molecule has 0 spiro atoms. The number of benzene rings is 1. The summed E-state index contributed by atoms with van der Waals surface area (Å²) in [4.78, 5) is 21.3. The maximum absolute atomic E-state index is 11.0. The van der Waals surface area contributed by atoms with Gasteiger partial charge in [0.2, 0.25) is 0 Å². The van der Waals surface area contributed by atoms with Crippen LogP contribution in [0.15, 0.2) is 38.7 Å². The Morgan fingerprint density at radius 2 is 2.07 bits per heavy atom. The molecular formula is C10H7NO3. The Labute approximate surface area is 79.1 Å². The lowest BCUT2D eigenvalue weighted by Gasteiger charge is -1.99. The summed E-state index contributed by atoms with van der Waals surface area (Å²) >= 11 is 0. The predicted octanol–water partition coefficient (Wildman–Crippen LogP) is 2.50. The van der Waals surface area contributed by atoms with Crippen molar-refractivity contribution in [3.8, 4) is 0 Å². The van der Waals surface area contributed by atoms with Crippen LogP contribution in [0.5, 0.6) is 0 Å². The van der Waals surface area contributed by atoms with Gasteiger partial charge in [-0.25, -0.2) is 4.79 Å². The molecule has 0 aliphatic rings. The number of fused-ring (bicyclic) bond motifs is 1. The summed E-state index contributed by atoms with van der Waals surface area (Å²) in [6.07, 6.45) is 0. The van der Waals surface area contributed by atoms with Crippen molar-refractivity contribution in [2.24, 2.45) is 5.18 Å². The number of rotatable bonds is 1. The molecule has 70 valence electrons. The second kappa shape index (κ2) is 3.06. The number of hydrogen-bond acceptors (Lipinski definition) is 4. The van der Waals surface area contributed by atoms with E-state index in [1.54, 1.807) is 12.1 Å². The van der Waals surface area contributed by atoms with Crippen LogP contribution in [0, 0.1) is 11.8 Å². The molecule has 0 amide bonds. The number of nitrogens with zero attached hydrogens (tertiary/aromatic N) is 1. The van der Waals surface area contributed by atoms with Crippen molar-refractivity contribution in [2.75, 3.05) is 0 Å². The first-order chi connectivity index (χ1) is 6.70. The number of nitroso groups, excluding NO2 is 1. The summed E-state index contributed by atoms with van der Waals surface area (Å²) in [6, 6.07) is 6.17. The fourth-order valence-corrected chi connectivity index (χ4v) is 1.37. The predicted molar refractivity (Wildman–Crippen MR) is 52.7 cm³/mol. The molecule has 2 aromatic rings. The molecule has 14 heavy (non-hydrogen) atoms. The average Bonchev–Trinajstić information content (AvgIpc) is 2.16. The molecule has 0 saturated carbocycles. The molecule has 0 bridgehead atoms. The Morgan fingerprint density at radius 1 is 1.29 bits per heavy atom. The maximum atomic E-state index is 11.0. The normalized spacial score (nSPS) is 10.4. The molecule has 1 heterocycles. The molecule has 0 aliphatic heterocycles. The van der Waals surface area contributed by atoms with Gasteiger partial charge in [-0.15, -0.1) is 4.91 Å². The number of hydrogen-bond donors (Lipinski definition) is 0. The highest BCUT2D eigenvalue weighted by molar-refractivity contribution is 5.82. The topological polar surface area (TPSA) is 59.6 Å². The second-order valence-corrected chi connectivity index (χ2v) is 3.02. The van der Waals surface area contributed by atoms with E-state index in [9.17, 15) is 9.70 Å². The zero-order valence-corrected chi connectivity index (χ0v) is 7.48. The van der Waals surface area contributed by atoms with E-state index in [1.807, 2.05) is 6.92 Å². The molecule has 1 aromatic heterocycles. The standard InChI is InChI=1S/C10H7NO3/c1-6-4-10(12)14-9-5-7(11-13)2-3-8(6)9/h2-5H,1H3. The molecule has 0 aliphatic carbocycles. The largest absolute Gasteiger partial charge is 0.423 e. The first-order valence-electron chi connectivity index (χ1n) is 4.08. The van der Waals surface area contributed by atoms with E-state index in [1.165, 1.54) is 12.1 Å². The maximum Gasteiger partial charge on any atom is 0.336 e. The van der Waals surface area contributed by atoms with E-state index >= 15 is 0 Å². The summed E-state index contributed by atoms with van der Waals surface area (Å²) in [6.45, 7) is 1.81. The van der Waals surface area contributed by atoms with Gasteiger partial charge in [0, 0.05) is 17.5 Å². The highest BCUT2D eigenvalue weighted by atomic mass is 16.4. The number of aryl methyl sites for hydroxylation is 1. The smallest absolute Gasteiger partial charge is 0.336 e. The van der Waals surface area contributed by atoms with E-state index in [-0.39, 0.29) is 5.69 Å². The summed E-state index contributed by atoms with van der Waals surface area (Å²) in [5.74, 6) is 0. The zero-order valence-electron chi connectivity index (χ0n) is 7.48. The lowest BCUT2D eigenvalue weighted by molar-refractivity contribution is 0.560. The minimum absolute atomic E-state index is 0.256. The molecule has 0 atom stereocenters. The van der Waals surface area contributed by atoms with E-state index < -0.39 is 5.63 Å². The van der Waals surface area contributed by atoms with Gasteiger partial charge in [-0.05, 0) is 29.8 Å². The SMILES string of the molecule is Cc1cc(=O)oc2cc(N=O)ccc12. The van der Waals surface area contributed by atoms with Crippen molar-refractivity contribution < 1.29 is 4.42 Å². The Bertz CT molecular complexity index is 557. The van der Waals surface area contributed by atoms with Gasteiger partial charge in [0.25, 0.3) is 0 Å². The minimum Gasteiger partial charge on any atom is -0.423 e. The van der Waals surface area contributed by atoms with Crippen molar-refractivity contribution in [2.45, 2.75) is 6.92 Å². The Balaban J connectivity index is 2.88. The van der Waals surface area contributed by atoms with Crippen LogP contribution in [0.4, 0.5) is 5.69 Å². The summed E-state index contributed by atoms with van der Waals surface area (Å²) in [5, 5.41) is 3.58. The third-order valence-corrected chi connectivity index (χ3v) is 2.04. The molecule has 0 unspecified atom stereocenters. The molecular weight excluding hydrogens is 182 g/mol. The quantitative estimate of drug-likeness (QED) is 0.511. The summed E-state index contributed by atoms with van der Waals surface area (Å²) in [5.41, 5.74) is 1.06. The van der Waals surface area contributed by atoms with E-state index in [4.69, 9.17) is 4.42 Å². The highest BCUT2D eigenvalue weighted by Gasteiger charge is 2.02. The van der Waals surface area contributed by atoms with Gasteiger partial charge in [-0.3, -0.25) is 0 Å². The van der Waals surface area contributed by atoms with Crippen LogP contribution in [-0.4, -0.2) is 0 Å². The van der Waals surface area contributed by atoms with Crippen molar-refractivity contribution in [1.82, 2.24) is 0 Å². The Hall–Kier alpha value is -1.97. The third-order valence-electron chi connectivity index (χ3n) is 2.04. The van der Waals surface area contributed by atoms with Crippen LogP contribution in [0.1, 0.15) is 5.56 Å². The first kappa shape index (κ1) is 8.62. The van der Waals surface area contributed by atoms with Crippen molar-refractivity contribution in [3.63, 3.8) is 0 Å². The third kappa shape index (κ3) is 1.31. The molecule has 0 N–H and O–H groups in total. The van der Waals surface area contributed by atoms with Gasteiger partial charge in [0.1, 0.15) is 11.3 Å². The molecule has 2 rings (SSSR count). The van der Waals surface area contributed by atoms with Gasteiger partial charge >= 0.3 is 5.63 Å². The van der Waals surface area contributed by atoms with E-state index in [0.29, 0.717) is 5.58 Å². The lowest BCUT2D eigenvalue weighted by atomic mass is 10.1. The highest BCUT2D eigenvalue weighted by Crippen LogP contribution is 2.21. The molecule has 4 heteroatoms. The van der Waals surface area contributed by atoms with Gasteiger partial charge < -0.3 is 4.42 Å². The van der Waals surface area contributed by atoms with Crippen molar-refractivity contribution >= 4 is 16.7 Å². The van der Waals surface area contributed by atoms with Crippen LogP contribution in [0.3, 0.4) is 0 Å².